The van der Waals surface area contributed by atoms with Crippen LogP contribution in [0.4, 0.5) is 0 Å². The van der Waals surface area contributed by atoms with Crippen molar-refractivity contribution in [3.63, 3.8) is 0 Å². The maximum Gasteiger partial charge on any atom is 0.0408 e. The van der Waals surface area contributed by atoms with Gasteiger partial charge in [0.15, 0.2) is 0 Å². The average Bonchev–Trinajstić information content (AvgIpc) is 2.63. The van der Waals surface area contributed by atoms with E-state index in [4.69, 9.17) is 17.3 Å². The molecule has 0 aliphatic heterocycles. The van der Waals surface area contributed by atoms with Crippen LogP contribution < -0.4 is 11.1 Å². The number of rotatable bonds is 6. The van der Waals surface area contributed by atoms with Crippen molar-refractivity contribution < 1.29 is 0 Å². The summed E-state index contributed by atoms with van der Waals surface area (Å²) in [7, 11) is 0. The number of nitrogens with two attached hydrogens (primary N) is 1. The smallest absolute Gasteiger partial charge is 0.0408 e. The molecule has 0 radical (unpaired) electrons. The van der Waals surface area contributed by atoms with Gasteiger partial charge >= 0.3 is 0 Å². The Morgan fingerprint density at radius 1 is 1.04 bits per heavy atom. The van der Waals surface area contributed by atoms with E-state index in [0.29, 0.717) is 12.6 Å². The molecule has 4 heteroatoms. The van der Waals surface area contributed by atoms with Crippen LogP contribution in [-0.2, 0) is 11.8 Å². The minimum atomic E-state index is 0. The largest absolute Gasteiger partial charge is 0.330 e. The summed E-state index contributed by atoms with van der Waals surface area (Å²) < 4.78 is 0. The van der Waals surface area contributed by atoms with Crippen LogP contribution in [0.25, 0.3) is 0 Å². The van der Waals surface area contributed by atoms with E-state index in [1.54, 1.807) is 0 Å². The minimum absolute atomic E-state index is 0. The second-order valence-electron chi connectivity index (χ2n) is 6.96. The number of benzene rings is 2. The first kappa shape index (κ1) is 20.3. The van der Waals surface area contributed by atoms with Crippen molar-refractivity contribution in [2.45, 2.75) is 43.6 Å². The van der Waals surface area contributed by atoms with Crippen LogP contribution in [0.2, 0.25) is 5.02 Å². The molecule has 3 N–H and O–H groups in total. The maximum absolute atomic E-state index is 6.19. The Morgan fingerprint density at radius 3 is 2.40 bits per heavy atom. The van der Waals surface area contributed by atoms with Crippen LogP contribution in [0, 0.1) is 0 Å². The fourth-order valence-corrected chi connectivity index (χ4v) is 4.06. The fourth-order valence-electron chi connectivity index (χ4n) is 3.87. The van der Waals surface area contributed by atoms with Gasteiger partial charge in [0, 0.05) is 23.0 Å². The standard InChI is InChI=1S/C21H27ClN2.ClH/c22-19-8-4-7-18(15-19)21(16-23)12-9-20(10-13-21)24-14-11-17-5-2-1-3-6-17;/h1-8,15,20,24H,9-14,16,23H2;1H. The lowest BCUT2D eigenvalue weighted by molar-refractivity contribution is 0.252. The molecule has 0 bridgehead atoms. The van der Waals surface area contributed by atoms with E-state index in [1.165, 1.54) is 24.0 Å². The van der Waals surface area contributed by atoms with Gasteiger partial charge in [-0.2, -0.15) is 0 Å². The molecule has 2 aromatic carbocycles. The van der Waals surface area contributed by atoms with Crippen LogP contribution in [0.3, 0.4) is 0 Å². The first-order valence-electron chi connectivity index (χ1n) is 8.95. The number of halogens is 2. The van der Waals surface area contributed by atoms with Gasteiger partial charge in [0.05, 0.1) is 0 Å². The summed E-state index contributed by atoms with van der Waals surface area (Å²) in [5, 5.41) is 4.54. The zero-order valence-corrected chi connectivity index (χ0v) is 16.2. The summed E-state index contributed by atoms with van der Waals surface area (Å²) in [6.07, 6.45) is 5.71. The van der Waals surface area contributed by atoms with E-state index in [0.717, 1.165) is 30.8 Å². The van der Waals surface area contributed by atoms with Gasteiger partial charge in [0.1, 0.15) is 0 Å². The fraction of sp³-hybridized carbons (Fsp3) is 0.429. The summed E-state index contributed by atoms with van der Waals surface area (Å²) in [5.74, 6) is 0. The van der Waals surface area contributed by atoms with Gasteiger partial charge in [-0.3, -0.25) is 0 Å². The Hall–Kier alpha value is -1.06. The van der Waals surface area contributed by atoms with Crippen LogP contribution in [0.1, 0.15) is 36.8 Å². The number of hydrogen-bond acceptors (Lipinski definition) is 2. The zero-order valence-electron chi connectivity index (χ0n) is 14.6. The van der Waals surface area contributed by atoms with Crippen molar-refractivity contribution in [3.8, 4) is 0 Å². The first-order valence-corrected chi connectivity index (χ1v) is 9.33. The lowest BCUT2D eigenvalue weighted by Gasteiger charge is -2.40. The number of nitrogens with one attached hydrogen (secondary N) is 1. The molecule has 136 valence electrons. The molecule has 25 heavy (non-hydrogen) atoms. The molecule has 2 aromatic rings. The molecule has 1 aliphatic rings. The third-order valence-corrected chi connectivity index (χ3v) is 5.70. The van der Waals surface area contributed by atoms with E-state index in [2.05, 4.69) is 47.8 Å². The van der Waals surface area contributed by atoms with Crippen LogP contribution >= 0.6 is 24.0 Å². The monoisotopic (exact) mass is 378 g/mol. The van der Waals surface area contributed by atoms with E-state index in [1.807, 2.05) is 12.1 Å². The van der Waals surface area contributed by atoms with Crippen molar-refractivity contribution in [3.05, 3.63) is 70.7 Å². The van der Waals surface area contributed by atoms with Gasteiger partial charge in [0.2, 0.25) is 0 Å². The molecule has 2 nitrogen and oxygen atoms in total. The highest BCUT2D eigenvalue weighted by Crippen LogP contribution is 2.39. The molecular formula is C21H28Cl2N2. The molecule has 0 spiro atoms. The summed E-state index contributed by atoms with van der Waals surface area (Å²) in [6.45, 7) is 1.74. The van der Waals surface area contributed by atoms with Crippen LogP contribution in [0.5, 0.6) is 0 Å². The van der Waals surface area contributed by atoms with Gasteiger partial charge in [-0.1, -0.05) is 54.1 Å². The van der Waals surface area contributed by atoms with Gasteiger partial charge in [-0.15, -0.1) is 12.4 Å². The van der Waals surface area contributed by atoms with Gasteiger partial charge in [-0.05, 0) is 61.9 Å². The minimum Gasteiger partial charge on any atom is -0.330 e. The molecule has 0 unspecified atom stereocenters. The second kappa shape index (κ2) is 9.59. The quantitative estimate of drug-likeness (QED) is 0.761. The maximum atomic E-state index is 6.19. The molecular weight excluding hydrogens is 351 g/mol. The first-order chi connectivity index (χ1) is 11.7. The summed E-state index contributed by atoms with van der Waals surface area (Å²) >= 11 is 6.19. The van der Waals surface area contributed by atoms with Gasteiger partial charge in [-0.25, -0.2) is 0 Å². The Balaban J connectivity index is 0.00000225. The molecule has 0 atom stereocenters. The summed E-state index contributed by atoms with van der Waals surface area (Å²) in [5.41, 5.74) is 8.98. The predicted molar refractivity (Wildman–Crippen MR) is 110 cm³/mol. The lowest BCUT2D eigenvalue weighted by Crippen LogP contribution is -2.44. The highest BCUT2D eigenvalue weighted by molar-refractivity contribution is 6.30. The second-order valence-corrected chi connectivity index (χ2v) is 7.40. The third kappa shape index (κ3) is 5.21. The number of hydrogen-bond donors (Lipinski definition) is 2. The Kier molecular flexibility index (Phi) is 7.77. The highest BCUT2D eigenvalue weighted by atomic mass is 35.5. The van der Waals surface area contributed by atoms with E-state index >= 15 is 0 Å². The van der Waals surface area contributed by atoms with E-state index in [-0.39, 0.29) is 17.8 Å². The molecule has 0 saturated heterocycles. The normalized spacial score (nSPS) is 23.0. The van der Waals surface area contributed by atoms with Crippen LogP contribution in [-0.4, -0.2) is 19.1 Å². The van der Waals surface area contributed by atoms with Crippen molar-refractivity contribution >= 4 is 24.0 Å². The average molecular weight is 379 g/mol. The molecule has 0 aromatic heterocycles. The molecule has 1 saturated carbocycles. The Bertz CT molecular complexity index is 637. The van der Waals surface area contributed by atoms with Crippen LogP contribution in [0.15, 0.2) is 54.6 Å². The molecule has 1 fully saturated rings. The summed E-state index contributed by atoms with van der Waals surface area (Å²) in [4.78, 5) is 0. The summed E-state index contributed by atoms with van der Waals surface area (Å²) in [6, 6.07) is 19.5. The van der Waals surface area contributed by atoms with Gasteiger partial charge in [0.25, 0.3) is 0 Å². The third-order valence-electron chi connectivity index (χ3n) is 5.46. The van der Waals surface area contributed by atoms with Crippen molar-refractivity contribution in [1.82, 2.24) is 5.32 Å². The zero-order chi connectivity index (χ0) is 16.8. The molecule has 0 heterocycles. The van der Waals surface area contributed by atoms with E-state index < -0.39 is 0 Å². The van der Waals surface area contributed by atoms with Gasteiger partial charge < -0.3 is 11.1 Å². The van der Waals surface area contributed by atoms with Crippen molar-refractivity contribution in [2.24, 2.45) is 5.73 Å². The topological polar surface area (TPSA) is 38.0 Å². The molecule has 1 aliphatic carbocycles. The Morgan fingerprint density at radius 2 is 1.76 bits per heavy atom. The molecule has 0 amide bonds. The van der Waals surface area contributed by atoms with Crippen molar-refractivity contribution in [1.29, 1.82) is 0 Å². The highest BCUT2D eigenvalue weighted by Gasteiger charge is 2.35. The van der Waals surface area contributed by atoms with Crippen molar-refractivity contribution in [2.75, 3.05) is 13.1 Å². The predicted octanol–water partition coefficient (Wildman–Crippen LogP) is 4.73. The lowest BCUT2D eigenvalue weighted by atomic mass is 9.68. The van der Waals surface area contributed by atoms with E-state index in [9.17, 15) is 0 Å². The SMILES string of the molecule is Cl.NCC1(c2cccc(Cl)c2)CCC(NCCc2ccccc2)CC1. The Labute approximate surface area is 162 Å². The molecule has 3 rings (SSSR count).